The van der Waals surface area contributed by atoms with Gasteiger partial charge in [0, 0.05) is 36.1 Å². The van der Waals surface area contributed by atoms with Gasteiger partial charge in [0.05, 0.1) is 17.1 Å². The van der Waals surface area contributed by atoms with E-state index < -0.39 is 27.9 Å². The third kappa shape index (κ3) is 6.37. The van der Waals surface area contributed by atoms with Crippen molar-refractivity contribution < 1.29 is 22.7 Å². The topological polar surface area (TPSA) is 96.0 Å². The maximum atomic E-state index is 13.5. The van der Waals surface area contributed by atoms with Crippen molar-refractivity contribution in [2.24, 2.45) is 0 Å². The monoisotopic (exact) mass is 623 g/mol. The lowest BCUT2D eigenvalue weighted by atomic mass is 10.0. The number of carbonyl (C=O) groups excluding carboxylic acids is 2. The summed E-state index contributed by atoms with van der Waals surface area (Å²) in [6.07, 6.45) is 1.61. The van der Waals surface area contributed by atoms with Gasteiger partial charge in [-0.1, -0.05) is 41.9 Å². The molecule has 0 bridgehead atoms. The Morgan fingerprint density at radius 1 is 1.10 bits per heavy atom. The third-order valence-electron chi connectivity index (χ3n) is 7.03. The van der Waals surface area contributed by atoms with Crippen molar-refractivity contribution in [3.8, 4) is 0 Å². The largest absolute Gasteiger partial charge is 0.462 e. The number of thiophene rings is 1. The minimum absolute atomic E-state index is 0. The van der Waals surface area contributed by atoms with Gasteiger partial charge in [0.15, 0.2) is 0 Å². The maximum absolute atomic E-state index is 13.5. The van der Waals surface area contributed by atoms with E-state index in [9.17, 15) is 18.0 Å². The number of hydrogen-bond donors (Lipinski definition) is 1. The van der Waals surface area contributed by atoms with Crippen LogP contribution in [-0.4, -0.2) is 55.2 Å². The molecule has 1 aromatic heterocycles. The van der Waals surface area contributed by atoms with Gasteiger partial charge in [0.2, 0.25) is 15.9 Å². The predicted molar refractivity (Wildman–Crippen MR) is 159 cm³/mol. The summed E-state index contributed by atoms with van der Waals surface area (Å²) in [5.41, 5.74) is 2.49. The zero-order valence-corrected chi connectivity index (χ0v) is 25.2. The number of ether oxygens (including phenoxy) is 1. The van der Waals surface area contributed by atoms with E-state index in [1.165, 1.54) is 45.5 Å². The van der Waals surface area contributed by atoms with E-state index in [-0.39, 0.29) is 30.5 Å². The fourth-order valence-electron chi connectivity index (χ4n) is 5.17. The lowest BCUT2D eigenvalue weighted by Gasteiger charge is -2.27. The number of fused-ring (bicyclic) bond motifs is 1. The van der Waals surface area contributed by atoms with Crippen LogP contribution in [0.5, 0.6) is 0 Å². The van der Waals surface area contributed by atoms with Crippen LogP contribution in [0.1, 0.15) is 46.1 Å². The van der Waals surface area contributed by atoms with Gasteiger partial charge in [0.25, 0.3) is 0 Å². The molecule has 3 aromatic rings. The summed E-state index contributed by atoms with van der Waals surface area (Å²) in [4.78, 5) is 29.9. The number of hydrogen-bond acceptors (Lipinski definition) is 7. The average molecular weight is 625 g/mol. The molecule has 1 amide bonds. The van der Waals surface area contributed by atoms with Crippen molar-refractivity contribution in [3.63, 3.8) is 0 Å². The number of benzene rings is 2. The van der Waals surface area contributed by atoms with E-state index in [4.69, 9.17) is 16.3 Å². The van der Waals surface area contributed by atoms with Gasteiger partial charge in [0.1, 0.15) is 11.0 Å². The number of amides is 1. The number of halogens is 2. The molecule has 5 rings (SSSR count). The highest BCUT2D eigenvalue weighted by Crippen LogP contribution is 2.39. The number of nitrogens with zero attached hydrogens (tertiary/aromatic N) is 2. The summed E-state index contributed by atoms with van der Waals surface area (Å²) < 4.78 is 33.3. The van der Waals surface area contributed by atoms with Gasteiger partial charge in [-0.15, -0.1) is 23.7 Å². The van der Waals surface area contributed by atoms with E-state index in [0.717, 1.165) is 23.5 Å². The molecule has 0 saturated carbocycles. The van der Waals surface area contributed by atoms with E-state index in [0.29, 0.717) is 41.4 Å². The Morgan fingerprint density at radius 2 is 1.82 bits per heavy atom. The number of rotatable bonds is 8. The molecule has 12 heteroatoms. The van der Waals surface area contributed by atoms with Crippen molar-refractivity contribution in [3.05, 3.63) is 81.2 Å². The van der Waals surface area contributed by atoms with Crippen LogP contribution in [-0.2, 0) is 39.1 Å². The molecule has 2 aliphatic rings. The number of carbonyl (C=O) groups is 2. The Labute approximate surface area is 249 Å². The summed E-state index contributed by atoms with van der Waals surface area (Å²) >= 11 is 7.30. The predicted octanol–water partition coefficient (Wildman–Crippen LogP) is 5.35. The molecular weight excluding hydrogens is 593 g/mol. The Balaban J connectivity index is 0.00000370. The first-order valence-electron chi connectivity index (χ1n) is 12.9. The zero-order valence-electron chi connectivity index (χ0n) is 22.0. The van der Waals surface area contributed by atoms with Crippen molar-refractivity contribution in [1.29, 1.82) is 0 Å². The van der Waals surface area contributed by atoms with Gasteiger partial charge in [-0.25, -0.2) is 13.2 Å². The molecule has 0 spiro atoms. The Morgan fingerprint density at radius 3 is 2.52 bits per heavy atom. The van der Waals surface area contributed by atoms with Crippen LogP contribution in [0, 0.1) is 0 Å². The summed E-state index contributed by atoms with van der Waals surface area (Å²) in [6.45, 7) is 4.41. The first-order valence-corrected chi connectivity index (χ1v) is 15.6. The van der Waals surface area contributed by atoms with E-state index in [1.807, 2.05) is 18.2 Å². The molecule has 1 N–H and O–H groups in total. The molecule has 2 aliphatic heterocycles. The van der Waals surface area contributed by atoms with Crippen molar-refractivity contribution in [2.45, 2.75) is 50.2 Å². The van der Waals surface area contributed by atoms with Crippen molar-refractivity contribution >= 4 is 62.2 Å². The van der Waals surface area contributed by atoms with Crippen molar-refractivity contribution in [2.75, 3.05) is 25.0 Å². The third-order valence-corrected chi connectivity index (χ3v) is 10.3. The Hall–Kier alpha value is -2.47. The van der Waals surface area contributed by atoms with Crippen LogP contribution in [0.15, 0.2) is 59.5 Å². The number of anilines is 1. The van der Waals surface area contributed by atoms with Crippen LogP contribution in [0.25, 0.3) is 0 Å². The summed E-state index contributed by atoms with van der Waals surface area (Å²) in [5.74, 6) is -0.922. The summed E-state index contributed by atoms with van der Waals surface area (Å²) in [5, 5.41) is 3.76. The molecular formula is C28H31Cl2N3O5S2. The Bertz CT molecular complexity index is 1460. The molecule has 0 aliphatic carbocycles. The minimum atomic E-state index is -3.90. The molecule has 1 atom stereocenters. The standard InChI is InChI=1S/C28H30ClN3O5S2.ClH/c1-2-37-28(34)25-22-14-16-31(17-19-7-4-3-5-8-19)18-24(22)38-27(25)30-26(33)23-9-6-15-32(23)39(35,36)21-12-10-20(29)11-13-21;/h3-5,7-8,10-13,23H,2,6,9,14-18H2,1H3,(H,30,33);1H. The summed E-state index contributed by atoms with van der Waals surface area (Å²) in [7, 11) is -3.90. The maximum Gasteiger partial charge on any atom is 0.341 e. The van der Waals surface area contributed by atoms with Crippen LogP contribution < -0.4 is 5.32 Å². The minimum Gasteiger partial charge on any atom is -0.462 e. The number of nitrogens with one attached hydrogen (secondary N) is 1. The van der Waals surface area contributed by atoms with Crippen molar-refractivity contribution in [1.82, 2.24) is 9.21 Å². The van der Waals surface area contributed by atoms with Gasteiger partial charge in [-0.05, 0) is 61.6 Å². The normalized spacial score (nSPS) is 17.6. The molecule has 1 fully saturated rings. The van der Waals surface area contributed by atoms with E-state index >= 15 is 0 Å². The highest BCUT2D eigenvalue weighted by molar-refractivity contribution is 7.89. The molecule has 1 unspecified atom stereocenters. The van der Waals surface area contributed by atoms with E-state index in [2.05, 4.69) is 22.3 Å². The lowest BCUT2D eigenvalue weighted by Crippen LogP contribution is -2.43. The SMILES string of the molecule is CCOC(=O)c1c(NC(=O)C2CCCN2S(=O)(=O)c2ccc(Cl)cc2)sc2c1CCN(Cc1ccccc1)C2.Cl. The van der Waals surface area contributed by atoms with E-state index in [1.54, 1.807) is 6.92 Å². The summed E-state index contributed by atoms with van der Waals surface area (Å²) in [6, 6.07) is 15.2. The second kappa shape index (κ2) is 13.0. The van der Waals surface area contributed by atoms with Gasteiger partial charge in [-0.3, -0.25) is 9.69 Å². The van der Waals surface area contributed by atoms with Gasteiger partial charge in [-0.2, -0.15) is 4.31 Å². The second-order valence-electron chi connectivity index (χ2n) is 9.59. The second-order valence-corrected chi connectivity index (χ2v) is 13.0. The number of esters is 1. The highest BCUT2D eigenvalue weighted by atomic mass is 35.5. The molecule has 40 heavy (non-hydrogen) atoms. The average Bonchev–Trinajstić information content (AvgIpc) is 3.55. The zero-order chi connectivity index (χ0) is 27.6. The quantitative estimate of drug-likeness (QED) is 0.340. The van der Waals surface area contributed by atoms with Crippen LogP contribution in [0.2, 0.25) is 5.02 Å². The van der Waals surface area contributed by atoms with Gasteiger partial charge >= 0.3 is 5.97 Å². The Kier molecular flexibility index (Phi) is 9.92. The lowest BCUT2D eigenvalue weighted by molar-refractivity contribution is -0.119. The first-order chi connectivity index (χ1) is 18.8. The van der Waals surface area contributed by atoms with Crippen LogP contribution in [0.4, 0.5) is 5.00 Å². The molecule has 2 aromatic carbocycles. The highest BCUT2D eigenvalue weighted by Gasteiger charge is 2.40. The van der Waals surface area contributed by atoms with Gasteiger partial charge < -0.3 is 10.1 Å². The fraction of sp³-hybridized carbons (Fsp3) is 0.357. The smallest absolute Gasteiger partial charge is 0.341 e. The first kappa shape index (κ1) is 30.5. The fourth-order valence-corrected chi connectivity index (χ4v) is 8.23. The molecule has 8 nitrogen and oxygen atoms in total. The molecule has 214 valence electrons. The van der Waals surface area contributed by atoms with Crippen LogP contribution in [0.3, 0.4) is 0 Å². The number of sulfonamides is 1. The molecule has 3 heterocycles. The van der Waals surface area contributed by atoms with Crippen LogP contribution >= 0.6 is 35.3 Å². The molecule has 0 radical (unpaired) electrons. The molecule has 1 saturated heterocycles.